The maximum Gasteiger partial charge on any atom is 0.237 e. The molecule has 1 aromatic rings. The predicted molar refractivity (Wildman–Crippen MR) is 63.2 cm³/mol. The molecule has 1 aliphatic heterocycles. The first kappa shape index (κ1) is 12.0. The lowest BCUT2D eigenvalue weighted by Gasteiger charge is -2.25. The second-order valence-electron chi connectivity index (χ2n) is 4.38. The molecule has 1 aliphatic rings. The molecule has 1 fully saturated rings. The normalized spacial score (nSPS) is 22.2. The molecule has 0 spiro atoms. The van der Waals surface area contributed by atoms with Gasteiger partial charge in [0.05, 0.1) is 12.6 Å². The molecule has 2 rings (SSSR count). The fourth-order valence-corrected chi connectivity index (χ4v) is 2.21. The van der Waals surface area contributed by atoms with E-state index in [1.165, 1.54) is 0 Å². The Morgan fingerprint density at radius 3 is 3.00 bits per heavy atom. The Kier molecular flexibility index (Phi) is 3.73. The van der Waals surface area contributed by atoms with Gasteiger partial charge < -0.3 is 5.32 Å². The van der Waals surface area contributed by atoms with E-state index in [0.717, 1.165) is 37.6 Å². The summed E-state index contributed by atoms with van der Waals surface area (Å²) in [5.74, 6) is 1.69. The molecular weight excluding hydrogens is 218 g/mol. The van der Waals surface area contributed by atoms with Crippen LogP contribution in [-0.2, 0) is 11.3 Å². The Hall–Kier alpha value is -1.43. The van der Waals surface area contributed by atoms with Crippen LogP contribution in [0.25, 0.3) is 0 Å². The number of nitrogens with zero attached hydrogens (tertiary/aromatic N) is 3. The second kappa shape index (κ2) is 5.27. The van der Waals surface area contributed by atoms with E-state index in [4.69, 9.17) is 0 Å². The average molecular weight is 237 g/mol. The summed E-state index contributed by atoms with van der Waals surface area (Å²) in [5, 5.41) is 9.89. The van der Waals surface area contributed by atoms with Gasteiger partial charge in [-0.2, -0.15) is 5.10 Å². The number of carbonyl (C=O) groups is 1. The van der Waals surface area contributed by atoms with Crippen LogP contribution in [0.2, 0.25) is 0 Å². The molecule has 6 nitrogen and oxygen atoms in total. The molecule has 6 heteroatoms. The van der Waals surface area contributed by atoms with Crippen molar-refractivity contribution in [2.75, 3.05) is 13.1 Å². The van der Waals surface area contributed by atoms with Crippen LogP contribution in [-0.4, -0.2) is 45.1 Å². The Morgan fingerprint density at radius 2 is 2.35 bits per heavy atom. The monoisotopic (exact) mass is 237 g/mol. The van der Waals surface area contributed by atoms with Crippen molar-refractivity contribution in [3.63, 3.8) is 0 Å². The zero-order valence-corrected chi connectivity index (χ0v) is 10.4. The van der Waals surface area contributed by atoms with Crippen LogP contribution in [0.3, 0.4) is 0 Å². The fraction of sp³-hybridized carbons (Fsp3) is 0.727. The van der Waals surface area contributed by atoms with Crippen LogP contribution in [0, 0.1) is 6.92 Å². The molecule has 94 valence electrons. The number of amides is 1. The van der Waals surface area contributed by atoms with Gasteiger partial charge in [0.15, 0.2) is 5.82 Å². The average Bonchev–Trinajstić information content (AvgIpc) is 2.61. The van der Waals surface area contributed by atoms with Crippen molar-refractivity contribution in [2.24, 2.45) is 0 Å². The van der Waals surface area contributed by atoms with Crippen LogP contribution in [0.15, 0.2) is 0 Å². The number of aryl methyl sites for hydroxylation is 1. The fourth-order valence-electron chi connectivity index (χ4n) is 2.21. The highest BCUT2D eigenvalue weighted by Gasteiger charge is 2.27. The van der Waals surface area contributed by atoms with E-state index in [0.29, 0.717) is 6.54 Å². The van der Waals surface area contributed by atoms with Crippen LogP contribution in [0.4, 0.5) is 0 Å². The van der Waals surface area contributed by atoms with Gasteiger partial charge in [0, 0.05) is 13.1 Å². The first-order valence-electron chi connectivity index (χ1n) is 6.10. The third kappa shape index (κ3) is 2.82. The van der Waals surface area contributed by atoms with E-state index >= 15 is 0 Å². The number of aromatic nitrogens is 3. The van der Waals surface area contributed by atoms with E-state index in [9.17, 15) is 4.79 Å². The highest BCUT2D eigenvalue weighted by Crippen LogP contribution is 2.11. The van der Waals surface area contributed by atoms with Gasteiger partial charge in [0.1, 0.15) is 5.82 Å². The summed E-state index contributed by atoms with van der Waals surface area (Å²) in [5.41, 5.74) is 0. The number of carbonyl (C=O) groups excluding carboxylic acids is 1. The molecule has 0 aromatic carbocycles. The maximum atomic E-state index is 11.8. The maximum absolute atomic E-state index is 11.8. The Labute approximate surface area is 101 Å². The first-order valence-corrected chi connectivity index (χ1v) is 6.10. The molecule has 0 unspecified atom stereocenters. The lowest BCUT2D eigenvalue weighted by atomic mass is 10.2. The zero-order valence-electron chi connectivity index (χ0n) is 10.4. The predicted octanol–water partition coefficient (Wildman–Crippen LogP) is 0.214. The number of aromatic amines is 1. The van der Waals surface area contributed by atoms with E-state index < -0.39 is 0 Å². The molecular formula is C11H19N5O. The third-order valence-electron chi connectivity index (χ3n) is 3.04. The van der Waals surface area contributed by atoms with Crippen LogP contribution in [0.5, 0.6) is 0 Å². The third-order valence-corrected chi connectivity index (χ3v) is 3.04. The molecule has 0 bridgehead atoms. The van der Waals surface area contributed by atoms with Gasteiger partial charge in [0.2, 0.25) is 5.91 Å². The van der Waals surface area contributed by atoms with Gasteiger partial charge in [-0.05, 0) is 19.8 Å². The Bertz CT molecular complexity index is 389. The van der Waals surface area contributed by atoms with Crippen molar-refractivity contribution < 1.29 is 4.79 Å². The minimum atomic E-state index is -0.0590. The minimum absolute atomic E-state index is 0.0590. The Balaban J connectivity index is 2.08. The highest BCUT2D eigenvalue weighted by molar-refractivity contribution is 5.81. The largest absolute Gasteiger partial charge is 0.355 e. The van der Waals surface area contributed by atoms with Crippen molar-refractivity contribution in [1.29, 1.82) is 0 Å². The molecule has 0 saturated carbocycles. The molecule has 2 N–H and O–H groups in total. The number of hydrogen-bond acceptors (Lipinski definition) is 4. The molecule has 0 radical (unpaired) electrons. The molecule has 2 heterocycles. The molecule has 17 heavy (non-hydrogen) atoms. The molecule has 1 atom stereocenters. The van der Waals surface area contributed by atoms with Crippen LogP contribution >= 0.6 is 0 Å². The minimum Gasteiger partial charge on any atom is -0.355 e. The number of hydrogen-bond donors (Lipinski definition) is 2. The van der Waals surface area contributed by atoms with Crippen molar-refractivity contribution in [3.8, 4) is 0 Å². The number of rotatable bonds is 3. The number of H-pyrrole nitrogens is 1. The van der Waals surface area contributed by atoms with Crippen molar-refractivity contribution in [3.05, 3.63) is 11.6 Å². The van der Waals surface area contributed by atoms with Gasteiger partial charge in [0.25, 0.3) is 0 Å². The smallest absolute Gasteiger partial charge is 0.237 e. The van der Waals surface area contributed by atoms with Crippen molar-refractivity contribution in [1.82, 2.24) is 25.4 Å². The van der Waals surface area contributed by atoms with E-state index in [-0.39, 0.29) is 11.9 Å². The molecule has 1 aromatic heterocycles. The summed E-state index contributed by atoms with van der Waals surface area (Å²) < 4.78 is 0. The molecule has 1 amide bonds. The second-order valence-corrected chi connectivity index (χ2v) is 4.38. The van der Waals surface area contributed by atoms with Gasteiger partial charge >= 0.3 is 0 Å². The SMILES string of the molecule is CC[C@H]1C(=O)NCCCN1Cc1n[nH]c(C)n1. The summed E-state index contributed by atoms with van der Waals surface area (Å²) >= 11 is 0. The standard InChI is InChI=1S/C11H19N5O/c1-3-9-11(17)12-5-4-6-16(9)7-10-13-8(2)14-15-10/h9H,3-7H2,1-2H3,(H,12,17)(H,13,14,15)/t9-/m0/s1. The summed E-state index contributed by atoms with van der Waals surface area (Å²) in [6.07, 6.45) is 1.79. The number of nitrogens with one attached hydrogen (secondary N) is 2. The zero-order chi connectivity index (χ0) is 12.3. The highest BCUT2D eigenvalue weighted by atomic mass is 16.2. The summed E-state index contributed by atoms with van der Waals surface area (Å²) in [6.45, 7) is 6.22. The van der Waals surface area contributed by atoms with Crippen LogP contribution in [0.1, 0.15) is 31.4 Å². The van der Waals surface area contributed by atoms with Gasteiger partial charge in [-0.1, -0.05) is 6.92 Å². The van der Waals surface area contributed by atoms with E-state index in [1.807, 2.05) is 13.8 Å². The van der Waals surface area contributed by atoms with Gasteiger partial charge in [-0.25, -0.2) is 4.98 Å². The van der Waals surface area contributed by atoms with Gasteiger partial charge in [-0.3, -0.25) is 14.8 Å². The molecule has 1 saturated heterocycles. The van der Waals surface area contributed by atoms with E-state index in [1.54, 1.807) is 0 Å². The lowest BCUT2D eigenvalue weighted by Crippen LogP contribution is -2.43. The Morgan fingerprint density at radius 1 is 1.53 bits per heavy atom. The lowest BCUT2D eigenvalue weighted by molar-refractivity contribution is -0.125. The van der Waals surface area contributed by atoms with Gasteiger partial charge in [-0.15, -0.1) is 0 Å². The quantitative estimate of drug-likeness (QED) is 0.788. The summed E-state index contributed by atoms with van der Waals surface area (Å²) in [6, 6.07) is -0.0590. The first-order chi connectivity index (χ1) is 8.20. The van der Waals surface area contributed by atoms with Crippen LogP contribution < -0.4 is 5.32 Å². The van der Waals surface area contributed by atoms with Crippen molar-refractivity contribution >= 4 is 5.91 Å². The van der Waals surface area contributed by atoms with Crippen molar-refractivity contribution in [2.45, 2.75) is 39.3 Å². The summed E-state index contributed by atoms with van der Waals surface area (Å²) in [7, 11) is 0. The summed E-state index contributed by atoms with van der Waals surface area (Å²) in [4.78, 5) is 18.3. The van der Waals surface area contributed by atoms with E-state index in [2.05, 4.69) is 25.4 Å². The molecule has 0 aliphatic carbocycles. The topological polar surface area (TPSA) is 73.9 Å².